The number of likely N-dealkylation sites (tertiary alicyclic amines) is 1. The largest absolute Gasteiger partial charge is 0.469 e. The van der Waals surface area contributed by atoms with E-state index in [0.29, 0.717) is 12.5 Å². The fourth-order valence-corrected chi connectivity index (χ4v) is 2.85. The molecule has 1 saturated heterocycles. The van der Waals surface area contributed by atoms with E-state index in [2.05, 4.69) is 15.0 Å². The Morgan fingerprint density at radius 1 is 1.16 bits per heavy atom. The molecular weight excluding hydrogens is 248 g/mol. The SMILES string of the molecule is COC(=O)NC1CC(C(=O)OC)CN(C2CCC2)C1. The quantitative estimate of drug-likeness (QED) is 0.767. The second-order valence-electron chi connectivity index (χ2n) is 5.33. The number of hydrogen-bond acceptors (Lipinski definition) is 5. The van der Waals surface area contributed by atoms with Gasteiger partial charge < -0.3 is 14.8 Å². The van der Waals surface area contributed by atoms with Crippen LogP contribution in [-0.2, 0) is 14.3 Å². The van der Waals surface area contributed by atoms with E-state index in [9.17, 15) is 9.59 Å². The maximum absolute atomic E-state index is 11.7. The summed E-state index contributed by atoms with van der Waals surface area (Å²) in [5, 5.41) is 2.80. The van der Waals surface area contributed by atoms with Crippen molar-refractivity contribution in [3.63, 3.8) is 0 Å². The molecule has 0 radical (unpaired) electrons. The molecule has 6 heteroatoms. The van der Waals surface area contributed by atoms with Gasteiger partial charge in [0.1, 0.15) is 0 Å². The van der Waals surface area contributed by atoms with Gasteiger partial charge in [-0.15, -0.1) is 0 Å². The summed E-state index contributed by atoms with van der Waals surface area (Å²) in [4.78, 5) is 25.4. The predicted molar refractivity (Wildman–Crippen MR) is 68.7 cm³/mol. The van der Waals surface area contributed by atoms with Crippen LogP contribution in [0.4, 0.5) is 4.79 Å². The van der Waals surface area contributed by atoms with Crippen molar-refractivity contribution < 1.29 is 19.1 Å². The van der Waals surface area contributed by atoms with Crippen LogP contribution in [0.2, 0.25) is 0 Å². The Kier molecular flexibility index (Phi) is 4.63. The van der Waals surface area contributed by atoms with Gasteiger partial charge in [-0.2, -0.15) is 0 Å². The lowest BCUT2D eigenvalue weighted by molar-refractivity contribution is -0.148. The number of alkyl carbamates (subject to hydrolysis) is 1. The van der Waals surface area contributed by atoms with Gasteiger partial charge in [-0.05, 0) is 19.3 Å². The van der Waals surface area contributed by atoms with Crippen molar-refractivity contribution >= 4 is 12.1 Å². The standard InChI is InChI=1S/C13H22N2O4/c1-18-12(16)9-6-10(14-13(17)19-2)8-15(7-9)11-4-3-5-11/h9-11H,3-8H2,1-2H3,(H,14,17). The first kappa shape index (κ1) is 14.1. The number of esters is 1. The summed E-state index contributed by atoms with van der Waals surface area (Å²) in [6, 6.07) is 0.500. The van der Waals surface area contributed by atoms with Crippen LogP contribution in [0, 0.1) is 5.92 Å². The first-order chi connectivity index (χ1) is 9.13. The molecule has 19 heavy (non-hydrogen) atoms. The maximum atomic E-state index is 11.7. The van der Waals surface area contributed by atoms with Crippen molar-refractivity contribution in [3.05, 3.63) is 0 Å². The summed E-state index contributed by atoms with van der Waals surface area (Å²) >= 11 is 0. The molecule has 0 aromatic heterocycles. The van der Waals surface area contributed by atoms with E-state index in [0.717, 1.165) is 13.1 Å². The number of rotatable bonds is 3. The van der Waals surface area contributed by atoms with Gasteiger partial charge in [-0.3, -0.25) is 9.69 Å². The Hall–Kier alpha value is -1.30. The van der Waals surface area contributed by atoms with Crippen LogP contribution in [0.5, 0.6) is 0 Å². The predicted octanol–water partition coefficient (Wildman–Crippen LogP) is 0.758. The molecule has 1 heterocycles. The topological polar surface area (TPSA) is 67.9 Å². The molecule has 0 aromatic carbocycles. The van der Waals surface area contributed by atoms with Crippen molar-refractivity contribution in [1.82, 2.24) is 10.2 Å². The lowest BCUT2D eigenvalue weighted by atomic mass is 9.86. The zero-order valence-electron chi connectivity index (χ0n) is 11.6. The number of amides is 1. The van der Waals surface area contributed by atoms with Gasteiger partial charge in [0.25, 0.3) is 0 Å². The van der Waals surface area contributed by atoms with Crippen LogP contribution in [0.1, 0.15) is 25.7 Å². The minimum atomic E-state index is -0.441. The molecule has 1 aliphatic heterocycles. The molecule has 0 bridgehead atoms. The first-order valence-electron chi connectivity index (χ1n) is 6.80. The monoisotopic (exact) mass is 270 g/mol. The van der Waals surface area contributed by atoms with Crippen molar-refractivity contribution in [1.29, 1.82) is 0 Å². The van der Waals surface area contributed by atoms with E-state index < -0.39 is 6.09 Å². The van der Waals surface area contributed by atoms with E-state index in [1.807, 2.05) is 0 Å². The number of carbonyl (C=O) groups is 2. The summed E-state index contributed by atoms with van der Waals surface area (Å²) in [5.41, 5.74) is 0. The van der Waals surface area contributed by atoms with E-state index in [4.69, 9.17) is 4.74 Å². The van der Waals surface area contributed by atoms with Crippen molar-refractivity contribution in [2.45, 2.75) is 37.8 Å². The summed E-state index contributed by atoms with van der Waals surface area (Å²) in [7, 11) is 2.76. The van der Waals surface area contributed by atoms with Gasteiger partial charge in [0.15, 0.2) is 0 Å². The third kappa shape index (κ3) is 3.37. The van der Waals surface area contributed by atoms with E-state index >= 15 is 0 Å². The van der Waals surface area contributed by atoms with Gasteiger partial charge in [0.2, 0.25) is 0 Å². The summed E-state index contributed by atoms with van der Waals surface area (Å²) in [5.74, 6) is -0.359. The summed E-state index contributed by atoms with van der Waals surface area (Å²) in [6.45, 7) is 1.52. The number of carbonyl (C=O) groups excluding carboxylic acids is 2. The maximum Gasteiger partial charge on any atom is 0.407 e. The number of methoxy groups -OCH3 is 2. The van der Waals surface area contributed by atoms with Crippen LogP contribution in [0.25, 0.3) is 0 Å². The molecule has 0 aromatic rings. The molecule has 0 spiro atoms. The van der Waals surface area contributed by atoms with Crippen LogP contribution < -0.4 is 5.32 Å². The van der Waals surface area contributed by atoms with E-state index in [-0.39, 0.29) is 17.9 Å². The molecule has 1 aliphatic carbocycles. The second-order valence-corrected chi connectivity index (χ2v) is 5.33. The molecule has 1 amide bonds. The zero-order valence-corrected chi connectivity index (χ0v) is 11.6. The molecule has 1 saturated carbocycles. The Bertz CT molecular complexity index is 344. The average Bonchev–Trinajstić information content (AvgIpc) is 2.35. The Balaban J connectivity index is 1.98. The molecule has 2 aliphatic rings. The van der Waals surface area contributed by atoms with Crippen LogP contribution >= 0.6 is 0 Å². The molecule has 2 fully saturated rings. The molecule has 1 N–H and O–H groups in total. The molecule has 2 rings (SSSR count). The van der Waals surface area contributed by atoms with Gasteiger partial charge in [0, 0.05) is 25.2 Å². The highest BCUT2D eigenvalue weighted by Crippen LogP contribution is 2.29. The summed E-state index contributed by atoms with van der Waals surface area (Å²) in [6.07, 6.45) is 3.78. The molecule has 2 atom stereocenters. The normalized spacial score (nSPS) is 28.3. The van der Waals surface area contributed by atoms with Crippen molar-refractivity contribution in [2.24, 2.45) is 5.92 Å². The fraction of sp³-hybridized carbons (Fsp3) is 0.846. The van der Waals surface area contributed by atoms with Crippen LogP contribution in [0.3, 0.4) is 0 Å². The minimum Gasteiger partial charge on any atom is -0.469 e. The van der Waals surface area contributed by atoms with Crippen LogP contribution in [0.15, 0.2) is 0 Å². The fourth-order valence-electron chi connectivity index (χ4n) is 2.85. The third-order valence-electron chi connectivity index (χ3n) is 4.11. The molecule has 2 unspecified atom stereocenters. The molecule has 108 valence electrons. The van der Waals surface area contributed by atoms with Crippen LogP contribution in [-0.4, -0.2) is 56.4 Å². The highest BCUT2D eigenvalue weighted by molar-refractivity contribution is 5.73. The van der Waals surface area contributed by atoms with E-state index in [1.165, 1.54) is 33.5 Å². The number of hydrogen-bond donors (Lipinski definition) is 1. The Morgan fingerprint density at radius 2 is 1.89 bits per heavy atom. The lowest BCUT2D eigenvalue weighted by Gasteiger charge is -2.44. The van der Waals surface area contributed by atoms with Crippen molar-refractivity contribution in [3.8, 4) is 0 Å². The average molecular weight is 270 g/mol. The number of nitrogens with one attached hydrogen (secondary N) is 1. The zero-order chi connectivity index (χ0) is 13.8. The minimum absolute atomic E-state index is 0.0501. The van der Waals surface area contributed by atoms with Gasteiger partial charge >= 0.3 is 12.1 Å². The highest BCUT2D eigenvalue weighted by Gasteiger charge is 2.37. The Morgan fingerprint density at radius 3 is 2.42 bits per heavy atom. The molecule has 6 nitrogen and oxygen atoms in total. The molecular formula is C13H22N2O4. The number of piperidine rings is 1. The van der Waals surface area contributed by atoms with Gasteiger partial charge in [0.05, 0.1) is 20.1 Å². The smallest absolute Gasteiger partial charge is 0.407 e. The van der Waals surface area contributed by atoms with Gasteiger partial charge in [-0.1, -0.05) is 6.42 Å². The Labute approximate surface area is 113 Å². The number of nitrogens with zero attached hydrogens (tertiary/aromatic N) is 1. The first-order valence-corrected chi connectivity index (χ1v) is 6.80. The lowest BCUT2D eigenvalue weighted by Crippen LogP contribution is -2.56. The summed E-state index contributed by atoms with van der Waals surface area (Å²) < 4.78 is 9.47. The third-order valence-corrected chi connectivity index (χ3v) is 4.11. The van der Waals surface area contributed by atoms with Crippen molar-refractivity contribution in [2.75, 3.05) is 27.3 Å². The van der Waals surface area contributed by atoms with Gasteiger partial charge in [-0.25, -0.2) is 4.79 Å². The highest BCUT2D eigenvalue weighted by atomic mass is 16.5. The second kappa shape index (κ2) is 6.23. The van der Waals surface area contributed by atoms with E-state index in [1.54, 1.807) is 0 Å². The number of ether oxygens (including phenoxy) is 2.